The van der Waals surface area contributed by atoms with Crippen LogP contribution in [0.4, 0.5) is 0 Å². The van der Waals surface area contributed by atoms with Gasteiger partial charge in [-0.1, -0.05) is 13.0 Å². The summed E-state index contributed by atoms with van der Waals surface area (Å²) in [7, 11) is 2.02. The maximum absolute atomic E-state index is 5.68. The van der Waals surface area contributed by atoms with Gasteiger partial charge in [-0.2, -0.15) is 0 Å². The van der Waals surface area contributed by atoms with E-state index in [1.807, 2.05) is 25.5 Å². The molecule has 0 spiro atoms. The molecule has 2 aromatic rings. The van der Waals surface area contributed by atoms with Gasteiger partial charge >= 0.3 is 0 Å². The molecule has 5 heteroatoms. The van der Waals surface area contributed by atoms with Crippen LogP contribution in [0.15, 0.2) is 30.6 Å². The summed E-state index contributed by atoms with van der Waals surface area (Å²) in [4.78, 5) is 4.42. The zero-order chi connectivity index (χ0) is 14.7. The highest BCUT2D eigenvalue weighted by Crippen LogP contribution is 2.33. The van der Waals surface area contributed by atoms with Crippen molar-refractivity contribution in [3.05, 3.63) is 42.0 Å². The number of nitrogens with zero attached hydrogens (tertiary/aromatic N) is 2. The van der Waals surface area contributed by atoms with Crippen molar-refractivity contribution in [2.75, 3.05) is 19.8 Å². The number of nitrogens with one attached hydrogen (secondary N) is 1. The number of imidazole rings is 1. The smallest absolute Gasteiger partial charge is 0.161 e. The Morgan fingerprint density at radius 1 is 1.29 bits per heavy atom. The molecule has 0 aliphatic carbocycles. The van der Waals surface area contributed by atoms with Crippen molar-refractivity contribution in [3.8, 4) is 11.5 Å². The van der Waals surface area contributed by atoms with Gasteiger partial charge in [-0.05, 0) is 24.2 Å². The van der Waals surface area contributed by atoms with Crippen LogP contribution in [-0.4, -0.2) is 29.3 Å². The summed E-state index contributed by atoms with van der Waals surface area (Å²) in [5, 5.41) is 3.52. The Labute approximate surface area is 124 Å². The topological polar surface area (TPSA) is 48.3 Å². The highest BCUT2D eigenvalue weighted by atomic mass is 16.6. The molecule has 3 rings (SSSR count). The molecule has 2 heterocycles. The molecule has 0 saturated heterocycles. The average Bonchev–Trinajstić information content (AvgIpc) is 2.91. The van der Waals surface area contributed by atoms with Crippen molar-refractivity contribution < 1.29 is 9.47 Å². The maximum Gasteiger partial charge on any atom is 0.161 e. The number of rotatable bonds is 5. The fraction of sp³-hybridized carbons (Fsp3) is 0.438. The Morgan fingerprint density at radius 3 is 2.81 bits per heavy atom. The normalized spacial score (nSPS) is 15.0. The van der Waals surface area contributed by atoms with E-state index in [1.165, 1.54) is 5.56 Å². The van der Waals surface area contributed by atoms with Gasteiger partial charge in [-0.3, -0.25) is 0 Å². The van der Waals surface area contributed by atoms with E-state index >= 15 is 0 Å². The molecule has 5 nitrogen and oxygen atoms in total. The van der Waals surface area contributed by atoms with Crippen molar-refractivity contribution in [3.63, 3.8) is 0 Å². The number of likely N-dealkylation sites (N-methyl/N-ethyl adjacent to an activating group) is 1. The first-order valence-electron chi connectivity index (χ1n) is 7.37. The monoisotopic (exact) mass is 287 g/mol. The Balaban J connectivity index is 1.84. The number of ether oxygens (including phenoxy) is 2. The Morgan fingerprint density at radius 2 is 2.10 bits per heavy atom. The van der Waals surface area contributed by atoms with Crippen LogP contribution in [0.2, 0.25) is 0 Å². The quantitative estimate of drug-likeness (QED) is 0.915. The van der Waals surface area contributed by atoms with Crippen LogP contribution in [0.5, 0.6) is 11.5 Å². The first-order valence-corrected chi connectivity index (χ1v) is 7.37. The van der Waals surface area contributed by atoms with Crippen LogP contribution in [0.25, 0.3) is 0 Å². The summed E-state index contributed by atoms with van der Waals surface area (Å²) < 4.78 is 13.3. The molecule has 1 aromatic heterocycles. The molecule has 21 heavy (non-hydrogen) atoms. The molecule has 0 radical (unpaired) electrons. The molecular formula is C16H21N3O2. The molecule has 1 unspecified atom stereocenters. The Hall–Kier alpha value is -2.01. The Kier molecular flexibility index (Phi) is 4.10. The standard InChI is InChI=1S/C16H21N3O2/c1-3-17-13(11-16-18-6-7-19(16)2)12-4-5-14-15(10-12)21-9-8-20-14/h4-7,10,13,17H,3,8-9,11H2,1-2H3. The lowest BCUT2D eigenvalue weighted by Gasteiger charge is -2.22. The lowest BCUT2D eigenvalue weighted by Crippen LogP contribution is -2.24. The van der Waals surface area contributed by atoms with Crippen molar-refractivity contribution >= 4 is 0 Å². The molecule has 1 aliphatic rings. The SMILES string of the molecule is CCNC(Cc1nccn1C)c1ccc2c(c1)OCCO2. The van der Waals surface area contributed by atoms with Gasteiger partial charge in [0.2, 0.25) is 0 Å². The van der Waals surface area contributed by atoms with E-state index in [2.05, 4.69) is 33.9 Å². The first kappa shape index (κ1) is 13.9. The molecule has 0 fully saturated rings. The van der Waals surface area contributed by atoms with Gasteiger partial charge in [-0.15, -0.1) is 0 Å². The van der Waals surface area contributed by atoms with Crippen molar-refractivity contribution in [2.45, 2.75) is 19.4 Å². The first-order chi connectivity index (χ1) is 10.3. The zero-order valence-corrected chi connectivity index (χ0v) is 12.5. The van der Waals surface area contributed by atoms with Crippen molar-refractivity contribution in [1.29, 1.82) is 0 Å². The minimum Gasteiger partial charge on any atom is -0.486 e. The van der Waals surface area contributed by atoms with E-state index in [0.717, 1.165) is 30.3 Å². The second kappa shape index (κ2) is 6.18. The van der Waals surface area contributed by atoms with Crippen molar-refractivity contribution in [1.82, 2.24) is 14.9 Å². The average molecular weight is 287 g/mol. The fourth-order valence-electron chi connectivity index (χ4n) is 2.61. The maximum atomic E-state index is 5.68. The van der Waals surface area contributed by atoms with E-state index in [1.54, 1.807) is 0 Å². The highest BCUT2D eigenvalue weighted by Gasteiger charge is 2.18. The fourth-order valence-corrected chi connectivity index (χ4v) is 2.61. The summed E-state index contributed by atoms with van der Waals surface area (Å²) in [5.74, 6) is 2.73. The number of fused-ring (bicyclic) bond motifs is 1. The summed E-state index contributed by atoms with van der Waals surface area (Å²) in [5.41, 5.74) is 1.20. The number of hydrogen-bond acceptors (Lipinski definition) is 4. The van der Waals surface area contributed by atoms with E-state index in [4.69, 9.17) is 9.47 Å². The summed E-state index contributed by atoms with van der Waals surface area (Å²) in [6.07, 6.45) is 4.65. The third-order valence-corrected chi connectivity index (χ3v) is 3.73. The van der Waals surface area contributed by atoms with Crippen LogP contribution in [0, 0.1) is 0 Å². The third-order valence-electron chi connectivity index (χ3n) is 3.73. The van der Waals surface area contributed by atoms with Gasteiger partial charge in [0.05, 0.1) is 0 Å². The third kappa shape index (κ3) is 3.03. The van der Waals surface area contributed by atoms with Crippen LogP contribution in [0.1, 0.15) is 24.4 Å². The van der Waals surface area contributed by atoms with Gasteiger partial charge in [-0.25, -0.2) is 4.98 Å². The predicted molar refractivity (Wildman–Crippen MR) is 80.8 cm³/mol. The molecule has 0 saturated carbocycles. The predicted octanol–water partition coefficient (Wildman–Crippen LogP) is 2.08. The largest absolute Gasteiger partial charge is 0.486 e. The lowest BCUT2D eigenvalue weighted by molar-refractivity contribution is 0.171. The minimum atomic E-state index is 0.215. The van der Waals surface area contributed by atoms with Gasteiger partial charge in [0, 0.05) is 31.9 Å². The molecule has 0 amide bonds. The van der Waals surface area contributed by atoms with E-state index in [-0.39, 0.29) is 6.04 Å². The number of aryl methyl sites for hydroxylation is 1. The molecule has 1 N–H and O–H groups in total. The highest BCUT2D eigenvalue weighted by molar-refractivity contribution is 5.44. The summed E-state index contributed by atoms with van der Waals surface area (Å²) >= 11 is 0. The molecule has 1 atom stereocenters. The number of aromatic nitrogens is 2. The summed E-state index contributed by atoms with van der Waals surface area (Å²) in [6, 6.07) is 6.38. The van der Waals surface area contributed by atoms with Crippen LogP contribution in [-0.2, 0) is 13.5 Å². The van der Waals surface area contributed by atoms with Crippen LogP contribution >= 0.6 is 0 Å². The molecule has 0 bridgehead atoms. The minimum absolute atomic E-state index is 0.215. The zero-order valence-electron chi connectivity index (χ0n) is 12.5. The van der Waals surface area contributed by atoms with E-state index in [0.29, 0.717) is 13.2 Å². The van der Waals surface area contributed by atoms with E-state index < -0.39 is 0 Å². The molecule has 1 aliphatic heterocycles. The lowest BCUT2D eigenvalue weighted by atomic mass is 10.0. The Bertz CT molecular complexity index is 609. The number of benzene rings is 1. The summed E-state index contributed by atoms with van der Waals surface area (Å²) in [6.45, 7) is 4.25. The van der Waals surface area contributed by atoms with Gasteiger partial charge in [0.15, 0.2) is 11.5 Å². The molecular weight excluding hydrogens is 266 g/mol. The van der Waals surface area contributed by atoms with Gasteiger partial charge < -0.3 is 19.4 Å². The van der Waals surface area contributed by atoms with E-state index in [9.17, 15) is 0 Å². The molecule has 112 valence electrons. The second-order valence-corrected chi connectivity index (χ2v) is 5.17. The second-order valence-electron chi connectivity index (χ2n) is 5.17. The number of hydrogen-bond donors (Lipinski definition) is 1. The van der Waals surface area contributed by atoms with Gasteiger partial charge in [0.1, 0.15) is 19.0 Å². The molecule has 1 aromatic carbocycles. The van der Waals surface area contributed by atoms with Crippen molar-refractivity contribution in [2.24, 2.45) is 7.05 Å². The van der Waals surface area contributed by atoms with Crippen LogP contribution in [0.3, 0.4) is 0 Å². The van der Waals surface area contributed by atoms with Gasteiger partial charge in [0.25, 0.3) is 0 Å². The van der Waals surface area contributed by atoms with Crippen LogP contribution < -0.4 is 14.8 Å².